The van der Waals surface area contributed by atoms with Gasteiger partial charge in [-0.1, -0.05) is 0 Å². The van der Waals surface area contributed by atoms with Crippen LogP contribution in [0, 0.1) is 0 Å². The largest absolute Gasteiger partial charge is 0.394 e. The lowest BCUT2D eigenvalue weighted by Crippen LogP contribution is -2.52. The van der Waals surface area contributed by atoms with Gasteiger partial charge in [0.15, 0.2) is 0 Å². The van der Waals surface area contributed by atoms with Crippen molar-refractivity contribution in [3.63, 3.8) is 0 Å². The summed E-state index contributed by atoms with van der Waals surface area (Å²) < 4.78 is 0. The molecule has 1 amide bonds. The Kier molecular flexibility index (Phi) is 5.61. The first-order valence-electron chi connectivity index (χ1n) is 4.31. The highest BCUT2D eigenvalue weighted by Gasteiger charge is 2.21. The van der Waals surface area contributed by atoms with Crippen molar-refractivity contribution in [2.24, 2.45) is 0 Å². The first-order valence-corrected chi connectivity index (χ1v) is 4.31. The van der Waals surface area contributed by atoms with E-state index in [1.165, 1.54) is 0 Å². The third kappa shape index (κ3) is 4.82. The van der Waals surface area contributed by atoms with E-state index in [0.29, 0.717) is 6.54 Å². The number of rotatable bonds is 6. The number of hydrogen-bond donors (Lipinski definition) is 4. The molecule has 0 aromatic carbocycles. The van der Waals surface area contributed by atoms with E-state index < -0.39 is 5.54 Å². The maximum absolute atomic E-state index is 11.0. The molecule has 4 N–H and O–H groups in total. The Morgan fingerprint density at radius 3 is 2.31 bits per heavy atom. The van der Waals surface area contributed by atoms with Crippen molar-refractivity contribution < 1.29 is 15.0 Å². The molecule has 0 bridgehead atoms. The number of likely N-dealkylation sites (N-methyl/N-ethyl adjacent to an activating group) is 1. The van der Waals surface area contributed by atoms with Gasteiger partial charge in [-0.3, -0.25) is 10.1 Å². The summed E-state index contributed by atoms with van der Waals surface area (Å²) in [5, 5.41) is 23.1. The van der Waals surface area contributed by atoms with Crippen molar-refractivity contribution in [1.29, 1.82) is 0 Å². The van der Waals surface area contributed by atoms with Gasteiger partial charge in [-0.25, -0.2) is 0 Å². The van der Waals surface area contributed by atoms with Crippen LogP contribution in [0.4, 0.5) is 0 Å². The Morgan fingerprint density at radius 2 is 1.92 bits per heavy atom. The lowest BCUT2D eigenvalue weighted by Gasteiger charge is -2.25. The molecule has 0 aliphatic heterocycles. The van der Waals surface area contributed by atoms with Gasteiger partial charge in [-0.2, -0.15) is 0 Å². The van der Waals surface area contributed by atoms with Crippen LogP contribution in [0.25, 0.3) is 0 Å². The number of aliphatic hydroxyl groups is 2. The van der Waals surface area contributed by atoms with Gasteiger partial charge in [-0.15, -0.1) is 0 Å². The van der Waals surface area contributed by atoms with Gasteiger partial charge < -0.3 is 15.5 Å². The second-order valence-electron chi connectivity index (χ2n) is 3.18. The zero-order valence-electron chi connectivity index (χ0n) is 8.13. The maximum atomic E-state index is 11.0. The van der Waals surface area contributed by atoms with E-state index >= 15 is 0 Å². The topological polar surface area (TPSA) is 81.6 Å². The molecular formula is C8H18N2O3. The summed E-state index contributed by atoms with van der Waals surface area (Å²) in [5.74, 6) is -0.143. The molecule has 0 fully saturated rings. The van der Waals surface area contributed by atoms with E-state index in [9.17, 15) is 4.79 Å². The SMILES string of the molecule is CCNC(=O)CNC(C)(CO)CO. The van der Waals surface area contributed by atoms with Gasteiger partial charge in [0.2, 0.25) is 5.91 Å². The molecule has 0 saturated heterocycles. The summed E-state index contributed by atoms with van der Waals surface area (Å²) in [5.41, 5.74) is -0.787. The number of nitrogens with one attached hydrogen (secondary N) is 2. The molecule has 0 aromatic rings. The average molecular weight is 190 g/mol. The molecule has 0 spiro atoms. The van der Waals surface area contributed by atoms with Crippen molar-refractivity contribution in [1.82, 2.24) is 10.6 Å². The molecule has 5 heteroatoms. The Bertz CT molecular complexity index is 157. The first kappa shape index (κ1) is 12.3. The number of carbonyl (C=O) groups is 1. The Hall–Kier alpha value is -0.650. The van der Waals surface area contributed by atoms with Gasteiger partial charge in [0.25, 0.3) is 0 Å². The maximum Gasteiger partial charge on any atom is 0.233 e. The van der Waals surface area contributed by atoms with Crippen LogP contribution in [0.3, 0.4) is 0 Å². The number of carbonyl (C=O) groups excluding carboxylic acids is 1. The van der Waals surface area contributed by atoms with Crippen LogP contribution >= 0.6 is 0 Å². The van der Waals surface area contributed by atoms with Crippen LogP contribution in [0.5, 0.6) is 0 Å². The van der Waals surface area contributed by atoms with Crippen LogP contribution in [-0.4, -0.2) is 48.0 Å². The summed E-state index contributed by atoms with van der Waals surface area (Å²) >= 11 is 0. The van der Waals surface area contributed by atoms with Crippen molar-refractivity contribution in [3.05, 3.63) is 0 Å². The lowest BCUT2D eigenvalue weighted by atomic mass is 10.1. The molecule has 13 heavy (non-hydrogen) atoms. The van der Waals surface area contributed by atoms with Crippen molar-refractivity contribution in [2.75, 3.05) is 26.3 Å². The van der Waals surface area contributed by atoms with Crippen LogP contribution in [-0.2, 0) is 4.79 Å². The van der Waals surface area contributed by atoms with E-state index in [1.807, 2.05) is 6.92 Å². The Labute approximate surface area is 78.1 Å². The highest BCUT2D eigenvalue weighted by Crippen LogP contribution is 1.98. The standard InChI is InChI=1S/C8H18N2O3/c1-3-9-7(13)4-10-8(2,5-11)6-12/h10-12H,3-6H2,1-2H3,(H,9,13). The Balaban J connectivity index is 3.78. The fourth-order valence-corrected chi connectivity index (χ4v) is 0.715. The highest BCUT2D eigenvalue weighted by atomic mass is 16.3. The smallest absolute Gasteiger partial charge is 0.233 e. The molecule has 0 radical (unpaired) electrons. The van der Waals surface area contributed by atoms with Gasteiger partial charge in [0, 0.05) is 6.54 Å². The second-order valence-corrected chi connectivity index (χ2v) is 3.18. The zero-order valence-corrected chi connectivity index (χ0v) is 8.13. The molecule has 5 nitrogen and oxygen atoms in total. The molecule has 0 atom stereocenters. The van der Waals surface area contributed by atoms with E-state index in [0.717, 1.165) is 0 Å². The third-order valence-corrected chi connectivity index (χ3v) is 1.75. The monoisotopic (exact) mass is 190 g/mol. The number of amides is 1. The summed E-state index contributed by atoms with van der Waals surface area (Å²) in [6.45, 7) is 3.74. The minimum atomic E-state index is -0.787. The zero-order chi connectivity index (χ0) is 10.3. The summed E-state index contributed by atoms with van der Waals surface area (Å²) in [7, 11) is 0. The van der Waals surface area contributed by atoms with Gasteiger partial charge in [0.1, 0.15) is 0 Å². The van der Waals surface area contributed by atoms with Crippen LogP contribution < -0.4 is 10.6 Å². The molecule has 0 saturated carbocycles. The predicted molar refractivity (Wildman–Crippen MR) is 49.3 cm³/mol. The third-order valence-electron chi connectivity index (χ3n) is 1.75. The van der Waals surface area contributed by atoms with E-state index in [-0.39, 0.29) is 25.7 Å². The van der Waals surface area contributed by atoms with Gasteiger partial charge in [-0.05, 0) is 13.8 Å². The first-order chi connectivity index (χ1) is 6.08. The molecule has 0 aliphatic carbocycles. The fourth-order valence-electron chi connectivity index (χ4n) is 0.715. The molecule has 0 rings (SSSR count). The van der Waals surface area contributed by atoms with Gasteiger partial charge >= 0.3 is 0 Å². The molecule has 78 valence electrons. The summed E-state index contributed by atoms with van der Waals surface area (Å²) in [6.07, 6.45) is 0. The van der Waals surface area contributed by atoms with Crippen molar-refractivity contribution >= 4 is 5.91 Å². The Morgan fingerprint density at radius 1 is 1.38 bits per heavy atom. The van der Waals surface area contributed by atoms with Crippen LogP contribution in [0.15, 0.2) is 0 Å². The quantitative estimate of drug-likeness (QED) is 0.409. The number of aliphatic hydroxyl groups excluding tert-OH is 2. The van der Waals surface area contributed by atoms with Gasteiger partial charge in [0.05, 0.1) is 25.3 Å². The van der Waals surface area contributed by atoms with Crippen molar-refractivity contribution in [3.8, 4) is 0 Å². The fraction of sp³-hybridized carbons (Fsp3) is 0.875. The normalized spacial score (nSPS) is 11.4. The molecular weight excluding hydrogens is 172 g/mol. The number of hydrogen-bond acceptors (Lipinski definition) is 4. The molecule has 0 aliphatic rings. The minimum absolute atomic E-state index is 0.103. The van der Waals surface area contributed by atoms with E-state index in [2.05, 4.69) is 10.6 Å². The summed E-state index contributed by atoms with van der Waals surface area (Å²) in [4.78, 5) is 11.0. The van der Waals surface area contributed by atoms with Crippen LogP contribution in [0.1, 0.15) is 13.8 Å². The molecule has 0 aromatic heterocycles. The average Bonchev–Trinajstić information content (AvgIpc) is 2.15. The lowest BCUT2D eigenvalue weighted by molar-refractivity contribution is -0.120. The molecule has 0 unspecified atom stereocenters. The second kappa shape index (κ2) is 5.90. The molecule has 0 heterocycles. The van der Waals surface area contributed by atoms with E-state index in [4.69, 9.17) is 10.2 Å². The minimum Gasteiger partial charge on any atom is -0.394 e. The van der Waals surface area contributed by atoms with E-state index in [1.54, 1.807) is 6.92 Å². The summed E-state index contributed by atoms with van der Waals surface area (Å²) in [6, 6.07) is 0. The highest BCUT2D eigenvalue weighted by molar-refractivity contribution is 5.77. The predicted octanol–water partition coefficient (Wildman–Crippen LogP) is -1.54. The van der Waals surface area contributed by atoms with Crippen LogP contribution in [0.2, 0.25) is 0 Å². The van der Waals surface area contributed by atoms with Crippen molar-refractivity contribution in [2.45, 2.75) is 19.4 Å².